The third-order valence-corrected chi connectivity index (χ3v) is 5.46. The average molecular weight is 405 g/mol. The standard InChI is InChI=1S/C21H28N2O4S/c1-4-27-20-8-6-5-7-19(20)23-21(24)14-11-17-9-12-18(13-10-17)28(25,26)22-15-16(2)3/h5-10,12-13,16,22H,4,11,14-15H2,1-3H3,(H,23,24). The van der Waals surface area contributed by atoms with Gasteiger partial charge < -0.3 is 10.1 Å². The lowest BCUT2D eigenvalue weighted by atomic mass is 10.1. The third-order valence-electron chi connectivity index (χ3n) is 4.02. The Morgan fingerprint density at radius 2 is 1.75 bits per heavy atom. The molecule has 152 valence electrons. The molecule has 0 aliphatic heterocycles. The van der Waals surface area contributed by atoms with Crippen LogP contribution >= 0.6 is 0 Å². The van der Waals surface area contributed by atoms with Crippen molar-refractivity contribution in [1.82, 2.24) is 4.72 Å². The van der Waals surface area contributed by atoms with E-state index < -0.39 is 10.0 Å². The number of hydrogen-bond acceptors (Lipinski definition) is 4. The summed E-state index contributed by atoms with van der Waals surface area (Å²) in [5.74, 6) is 0.754. The molecule has 2 N–H and O–H groups in total. The number of para-hydroxylation sites is 2. The second-order valence-electron chi connectivity index (χ2n) is 6.87. The van der Waals surface area contributed by atoms with E-state index in [4.69, 9.17) is 4.74 Å². The summed E-state index contributed by atoms with van der Waals surface area (Å²) in [7, 11) is -3.50. The summed E-state index contributed by atoms with van der Waals surface area (Å²) in [4.78, 5) is 12.5. The van der Waals surface area contributed by atoms with E-state index in [-0.39, 0.29) is 23.1 Å². The largest absolute Gasteiger partial charge is 0.492 e. The van der Waals surface area contributed by atoms with Gasteiger partial charge in [0.05, 0.1) is 17.2 Å². The number of anilines is 1. The quantitative estimate of drug-likeness (QED) is 0.634. The number of nitrogens with one attached hydrogen (secondary N) is 2. The van der Waals surface area contributed by atoms with Crippen LogP contribution in [0.5, 0.6) is 5.75 Å². The summed E-state index contributed by atoms with van der Waals surface area (Å²) in [5, 5.41) is 2.86. The Balaban J connectivity index is 1.92. The monoisotopic (exact) mass is 404 g/mol. The van der Waals surface area contributed by atoms with Crippen LogP contribution in [0.4, 0.5) is 5.69 Å². The fourth-order valence-corrected chi connectivity index (χ4v) is 3.73. The van der Waals surface area contributed by atoms with Gasteiger partial charge in [0.15, 0.2) is 0 Å². The van der Waals surface area contributed by atoms with Gasteiger partial charge in [0, 0.05) is 13.0 Å². The van der Waals surface area contributed by atoms with Crippen molar-refractivity contribution in [1.29, 1.82) is 0 Å². The number of aryl methyl sites for hydroxylation is 1. The molecule has 0 heterocycles. The molecule has 7 heteroatoms. The molecule has 0 fully saturated rings. The normalized spacial score (nSPS) is 11.4. The molecule has 0 atom stereocenters. The van der Waals surface area contributed by atoms with E-state index in [1.165, 1.54) is 0 Å². The van der Waals surface area contributed by atoms with Crippen molar-refractivity contribution in [3.8, 4) is 5.75 Å². The lowest BCUT2D eigenvalue weighted by molar-refractivity contribution is -0.116. The first kappa shape index (κ1) is 21.9. The van der Waals surface area contributed by atoms with Gasteiger partial charge in [-0.1, -0.05) is 38.1 Å². The molecule has 1 amide bonds. The fraction of sp³-hybridized carbons (Fsp3) is 0.381. The molecule has 0 aliphatic rings. The highest BCUT2D eigenvalue weighted by atomic mass is 32.2. The maximum absolute atomic E-state index is 12.2. The topological polar surface area (TPSA) is 84.5 Å². The number of rotatable bonds is 10. The van der Waals surface area contributed by atoms with E-state index in [1.54, 1.807) is 30.3 Å². The minimum atomic E-state index is -3.50. The molecule has 2 rings (SSSR count). The van der Waals surface area contributed by atoms with Gasteiger partial charge in [-0.05, 0) is 49.1 Å². The third kappa shape index (κ3) is 6.65. The van der Waals surface area contributed by atoms with E-state index in [0.29, 0.717) is 31.0 Å². The number of sulfonamides is 1. The van der Waals surface area contributed by atoms with E-state index in [0.717, 1.165) is 5.56 Å². The predicted molar refractivity (Wildman–Crippen MR) is 111 cm³/mol. The number of hydrogen-bond donors (Lipinski definition) is 2. The minimum absolute atomic E-state index is 0.123. The molecule has 0 aliphatic carbocycles. The van der Waals surface area contributed by atoms with Gasteiger partial charge in [-0.3, -0.25) is 4.79 Å². The van der Waals surface area contributed by atoms with Crippen LogP contribution in [0.25, 0.3) is 0 Å². The number of amides is 1. The van der Waals surface area contributed by atoms with Crippen molar-refractivity contribution in [2.24, 2.45) is 5.92 Å². The second-order valence-corrected chi connectivity index (χ2v) is 8.63. The maximum atomic E-state index is 12.2. The van der Waals surface area contributed by atoms with Crippen LogP contribution in [0.3, 0.4) is 0 Å². The smallest absolute Gasteiger partial charge is 0.240 e. The Bertz CT molecular complexity index is 878. The zero-order valence-electron chi connectivity index (χ0n) is 16.6. The molecule has 0 saturated carbocycles. The maximum Gasteiger partial charge on any atom is 0.240 e. The summed E-state index contributed by atoms with van der Waals surface area (Å²) in [5.41, 5.74) is 1.54. The molecule has 0 aromatic heterocycles. The van der Waals surface area contributed by atoms with Crippen LogP contribution in [0.2, 0.25) is 0 Å². The van der Waals surface area contributed by atoms with Gasteiger partial charge in [-0.25, -0.2) is 13.1 Å². The molecule has 0 radical (unpaired) electrons. The first-order valence-electron chi connectivity index (χ1n) is 9.42. The molecule has 0 unspecified atom stereocenters. The summed E-state index contributed by atoms with van der Waals surface area (Å²) in [6, 6.07) is 13.9. The van der Waals surface area contributed by atoms with Crippen LogP contribution in [0.1, 0.15) is 32.8 Å². The van der Waals surface area contributed by atoms with E-state index >= 15 is 0 Å². The Labute approximate surface area is 167 Å². The predicted octanol–water partition coefficient (Wildman–Crippen LogP) is 3.59. The zero-order valence-corrected chi connectivity index (χ0v) is 17.4. The van der Waals surface area contributed by atoms with Gasteiger partial charge in [-0.2, -0.15) is 0 Å². The molecular weight excluding hydrogens is 376 g/mol. The van der Waals surface area contributed by atoms with E-state index in [2.05, 4.69) is 10.0 Å². The average Bonchev–Trinajstić information content (AvgIpc) is 2.67. The molecule has 2 aromatic rings. The Morgan fingerprint density at radius 1 is 1.07 bits per heavy atom. The molecule has 28 heavy (non-hydrogen) atoms. The molecular formula is C21H28N2O4S. The molecule has 0 bridgehead atoms. The number of carbonyl (C=O) groups excluding carboxylic acids is 1. The Kier molecular flexibility index (Phi) is 8.02. The van der Waals surface area contributed by atoms with Gasteiger partial charge >= 0.3 is 0 Å². The zero-order chi connectivity index (χ0) is 20.6. The SMILES string of the molecule is CCOc1ccccc1NC(=O)CCc1ccc(S(=O)(=O)NCC(C)C)cc1. The van der Waals surface area contributed by atoms with Gasteiger partial charge in [0.25, 0.3) is 0 Å². The Morgan fingerprint density at radius 3 is 2.39 bits per heavy atom. The van der Waals surface area contributed by atoms with Crippen LogP contribution in [-0.4, -0.2) is 27.5 Å². The minimum Gasteiger partial charge on any atom is -0.492 e. The lowest BCUT2D eigenvalue weighted by Crippen LogP contribution is -2.27. The number of carbonyl (C=O) groups is 1. The first-order valence-corrected chi connectivity index (χ1v) is 10.9. The van der Waals surface area contributed by atoms with Gasteiger partial charge in [0.1, 0.15) is 5.75 Å². The highest BCUT2D eigenvalue weighted by molar-refractivity contribution is 7.89. The summed E-state index contributed by atoms with van der Waals surface area (Å²) in [6.07, 6.45) is 0.806. The van der Waals surface area contributed by atoms with Crippen molar-refractivity contribution < 1.29 is 17.9 Å². The number of ether oxygens (including phenoxy) is 1. The Hall–Kier alpha value is -2.38. The first-order chi connectivity index (χ1) is 13.3. The summed E-state index contributed by atoms with van der Waals surface area (Å²) >= 11 is 0. The highest BCUT2D eigenvalue weighted by Crippen LogP contribution is 2.24. The van der Waals surface area contributed by atoms with Gasteiger partial charge in [-0.15, -0.1) is 0 Å². The fourth-order valence-electron chi connectivity index (χ4n) is 2.52. The van der Waals surface area contributed by atoms with Crippen molar-refractivity contribution in [2.45, 2.75) is 38.5 Å². The van der Waals surface area contributed by atoms with E-state index in [9.17, 15) is 13.2 Å². The van der Waals surface area contributed by atoms with Crippen LogP contribution in [0.15, 0.2) is 53.4 Å². The van der Waals surface area contributed by atoms with Crippen molar-refractivity contribution >= 4 is 21.6 Å². The van der Waals surface area contributed by atoms with Gasteiger partial charge in [0.2, 0.25) is 15.9 Å². The summed E-state index contributed by atoms with van der Waals surface area (Å²) in [6.45, 7) is 6.70. The molecule has 2 aromatic carbocycles. The molecule has 0 spiro atoms. The van der Waals surface area contributed by atoms with Crippen molar-refractivity contribution in [3.05, 3.63) is 54.1 Å². The highest BCUT2D eigenvalue weighted by Gasteiger charge is 2.14. The van der Waals surface area contributed by atoms with Crippen LogP contribution < -0.4 is 14.8 Å². The van der Waals surface area contributed by atoms with Crippen LogP contribution in [-0.2, 0) is 21.2 Å². The summed E-state index contributed by atoms with van der Waals surface area (Å²) < 4.78 is 32.5. The van der Waals surface area contributed by atoms with Crippen LogP contribution in [0, 0.1) is 5.92 Å². The second kappa shape index (κ2) is 10.2. The van der Waals surface area contributed by atoms with Crippen molar-refractivity contribution in [2.75, 3.05) is 18.5 Å². The lowest BCUT2D eigenvalue weighted by Gasteiger charge is -2.11. The molecule has 6 nitrogen and oxygen atoms in total. The van der Waals surface area contributed by atoms with E-state index in [1.807, 2.05) is 39.0 Å². The molecule has 0 saturated heterocycles. The van der Waals surface area contributed by atoms with Crippen molar-refractivity contribution in [3.63, 3.8) is 0 Å². The number of benzene rings is 2.